The van der Waals surface area contributed by atoms with Gasteiger partial charge < -0.3 is 19.7 Å². The lowest BCUT2D eigenvalue weighted by molar-refractivity contribution is -0.0712. The van der Waals surface area contributed by atoms with Gasteiger partial charge in [-0.1, -0.05) is 0 Å². The van der Waals surface area contributed by atoms with Crippen LogP contribution in [0.3, 0.4) is 0 Å². The third-order valence-corrected chi connectivity index (χ3v) is 4.80. The van der Waals surface area contributed by atoms with Gasteiger partial charge in [0.15, 0.2) is 0 Å². The number of nitrogens with zero attached hydrogens (tertiary/aromatic N) is 3. The van der Waals surface area contributed by atoms with E-state index in [1.165, 1.54) is 0 Å². The second kappa shape index (κ2) is 8.01. The Morgan fingerprint density at radius 1 is 1.36 bits per heavy atom. The van der Waals surface area contributed by atoms with Crippen molar-refractivity contribution in [3.8, 4) is 5.88 Å². The van der Waals surface area contributed by atoms with Crippen molar-refractivity contribution in [2.24, 2.45) is 0 Å². The van der Waals surface area contributed by atoms with E-state index >= 15 is 0 Å². The molecule has 2 aliphatic rings. The van der Waals surface area contributed by atoms with Gasteiger partial charge in [-0.05, 0) is 32.8 Å². The van der Waals surface area contributed by atoms with Gasteiger partial charge >= 0.3 is 6.03 Å². The molecule has 7 heteroatoms. The molecule has 3 unspecified atom stereocenters. The van der Waals surface area contributed by atoms with E-state index in [1.807, 2.05) is 4.90 Å². The number of anilines is 1. The van der Waals surface area contributed by atoms with Crippen molar-refractivity contribution < 1.29 is 14.3 Å². The second-order valence-corrected chi connectivity index (χ2v) is 6.98. The Morgan fingerprint density at radius 3 is 2.76 bits per heavy atom. The van der Waals surface area contributed by atoms with Crippen LogP contribution in [0.5, 0.6) is 5.88 Å². The van der Waals surface area contributed by atoms with Crippen molar-refractivity contribution >= 4 is 11.7 Å². The number of likely N-dealkylation sites (tertiary alicyclic amines) is 1. The molecule has 0 aromatic carbocycles. The number of nitrogens with one attached hydrogen (secondary N) is 1. The molecule has 138 valence electrons. The zero-order valence-corrected chi connectivity index (χ0v) is 15.3. The first-order valence-corrected chi connectivity index (χ1v) is 9.00. The Labute approximate surface area is 149 Å². The highest BCUT2D eigenvalue weighted by Crippen LogP contribution is 2.22. The molecule has 7 nitrogen and oxygen atoms in total. The Balaban J connectivity index is 1.57. The molecule has 2 fully saturated rings. The normalized spacial score (nSPS) is 27.3. The standard InChI is InChI=1S/C18H28N4O3/c1-13-10-21(11-14(2)25-13)12-16-5-4-8-22(16)18(23)20-15-6-7-17(24-3)19-9-15/h6-7,9,13-14,16H,4-5,8,10-12H2,1-3H3,(H,20,23). The van der Waals surface area contributed by atoms with E-state index in [4.69, 9.17) is 9.47 Å². The molecule has 3 atom stereocenters. The topological polar surface area (TPSA) is 66.9 Å². The SMILES string of the molecule is COc1ccc(NC(=O)N2CCCC2CN2CC(C)OC(C)C2)cn1. The van der Waals surface area contributed by atoms with Crippen LogP contribution in [0.25, 0.3) is 0 Å². The van der Waals surface area contributed by atoms with Crippen LogP contribution in [0.4, 0.5) is 10.5 Å². The average molecular weight is 348 g/mol. The summed E-state index contributed by atoms with van der Waals surface area (Å²) in [7, 11) is 1.57. The van der Waals surface area contributed by atoms with Gasteiger partial charge in [0.2, 0.25) is 5.88 Å². The van der Waals surface area contributed by atoms with Crippen molar-refractivity contribution in [2.45, 2.75) is 44.9 Å². The summed E-state index contributed by atoms with van der Waals surface area (Å²) in [6.45, 7) is 7.79. The summed E-state index contributed by atoms with van der Waals surface area (Å²) in [6, 6.07) is 3.75. The van der Waals surface area contributed by atoms with Crippen LogP contribution in [-0.2, 0) is 4.74 Å². The Kier molecular flexibility index (Phi) is 5.75. The van der Waals surface area contributed by atoms with Gasteiger partial charge in [0, 0.05) is 38.3 Å². The molecule has 0 radical (unpaired) electrons. The smallest absolute Gasteiger partial charge is 0.322 e. The number of methoxy groups -OCH3 is 1. The number of aromatic nitrogens is 1. The van der Waals surface area contributed by atoms with E-state index in [0.717, 1.165) is 39.0 Å². The zero-order valence-electron chi connectivity index (χ0n) is 15.3. The van der Waals surface area contributed by atoms with Crippen molar-refractivity contribution in [1.82, 2.24) is 14.8 Å². The Hall–Kier alpha value is -1.86. The van der Waals surface area contributed by atoms with Gasteiger partial charge in [-0.15, -0.1) is 0 Å². The van der Waals surface area contributed by atoms with Crippen LogP contribution in [0, 0.1) is 0 Å². The monoisotopic (exact) mass is 348 g/mol. The highest BCUT2D eigenvalue weighted by Gasteiger charge is 2.32. The molecule has 3 heterocycles. The zero-order chi connectivity index (χ0) is 17.8. The number of hydrogen-bond acceptors (Lipinski definition) is 5. The predicted molar refractivity (Wildman–Crippen MR) is 96.0 cm³/mol. The van der Waals surface area contributed by atoms with Crippen molar-refractivity contribution in [3.05, 3.63) is 18.3 Å². The first kappa shape index (κ1) is 17.9. The first-order chi connectivity index (χ1) is 12.0. The van der Waals surface area contributed by atoms with E-state index in [9.17, 15) is 4.79 Å². The fraction of sp³-hybridized carbons (Fsp3) is 0.667. The minimum absolute atomic E-state index is 0.0520. The molecule has 2 aliphatic heterocycles. The number of carbonyl (C=O) groups excluding carboxylic acids is 1. The lowest BCUT2D eigenvalue weighted by atomic mass is 10.1. The van der Waals surface area contributed by atoms with Crippen LogP contribution in [0.15, 0.2) is 18.3 Å². The fourth-order valence-corrected chi connectivity index (χ4v) is 3.79. The molecule has 3 rings (SSSR count). The van der Waals surface area contributed by atoms with Crippen LogP contribution < -0.4 is 10.1 Å². The number of carbonyl (C=O) groups is 1. The summed E-state index contributed by atoms with van der Waals surface area (Å²) in [4.78, 5) is 21.2. The molecule has 2 amide bonds. The van der Waals surface area contributed by atoms with Crippen molar-refractivity contribution in [1.29, 1.82) is 0 Å². The van der Waals surface area contributed by atoms with Gasteiger partial charge in [0.05, 0.1) is 31.2 Å². The number of ether oxygens (including phenoxy) is 2. The maximum absolute atomic E-state index is 12.7. The van der Waals surface area contributed by atoms with E-state index in [2.05, 4.69) is 29.0 Å². The van der Waals surface area contributed by atoms with E-state index < -0.39 is 0 Å². The molecule has 25 heavy (non-hydrogen) atoms. The molecule has 2 saturated heterocycles. The number of urea groups is 1. The van der Waals surface area contributed by atoms with Gasteiger partial charge in [0.25, 0.3) is 0 Å². The molecule has 1 aromatic rings. The summed E-state index contributed by atoms with van der Waals surface area (Å²) in [6.07, 6.45) is 4.21. The number of rotatable bonds is 4. The van der Waals surface area contributed by atoms with Crippen LogP contribution in [0.2, 0.25) is 0 Å². The summed E-state index contributed by atoms with van der Waals surface area (Å²) >= 11 is 0. The quantitative estimate of drug-likeness (QED) is 0.903. The molecule has 0 spiro atoms. The van der Waals surface area contributed by atoms with E-state index in [0.29, 0.717) is 11.6 Å². The summed E-state index contributed by atoms with van der Waals surface area (Å²) in [5, 5.41) is 2.95. The maximum atomic E-state index is 12.7. The fourth-order valence-electron chi connectivity index (χ4n) is 3.79. The minimum atomic E-state index is -0.0520. The molecule has 0 bridgehead atoms. The Bertz CT molecular complexity index is 570. The molecule has 1 N–H and O–H groups in total. The number of pyridine rings is 1. The largest absolute Gasteiger partial charge is 0.481 e. The number of hydrogen-bond donors (Lipinski definition) is 1. The molecule has 0 saturated carbocycles. The Morgan fingerprint density at radius 2 is 2.12 bits per heavy atom. The van der Waals surface area contributed by atoms with Crippen LogP contribution in [-0.4, -0.2) is 72.4 Å². The van der Waals surface area contributed by atoms with Gasteiger partial charge in [-0.2, -0.15) is 0 Å². The third kappa shape index (κ3) is 4.61. The maximum Gasteiger partial charge on any atom is 0.322 e. The van der Waals surface area contributed by atoms with Crippen LogP contribution >= 0.6 is 0 Å². The van der Waals surface area contributed by atoms with Crippen LogP contribution in [0.1, 0.15) is 26.7 Å². The lowest BCUT2D eigenvalue weighted by Crippen LogP contribution is -2.51. The predicted octanol–water partition coefficient (Wildman–Crippen LogP) is 2.20. The molecule has 1 aromatic heterocycles. The average Bonchev–Trinajstić information content (AvgIpc) is 3.03. The molecule has 0 aliphatic carbocycles. The second-order valence-electron chi connectivity index (χ2n) is 6.98. The van der Waals surface area contributed by atoms with E-state index in [1.54, 1.807) is 25.4 Å². The first-order valence-electron chi connectivity index (χ1n) is 9.00. The lowest BCUT2D eigenvalue weighted by Gasteiger charge is -2.38. The van der Waals surface area contributed by atoms with Gasteiger partial charge in [0.1, 0.15) is 0 Å². The third-order valence-electron chi connectivity index (χ3n) is 4.80. The van der Waals surface area contributed by atoms with Crippen molar-refractivity contribution in [3.63, 3.8) is 0 Å². The minimum Gasteiger partial charge on any atom is -0.481 e. The van der Waals surface area contributed by atoms with Gasteiger partial charge in [-0.25, -0.2) is 9.78 Å². The summed E-state index contributed by atoms with van der Waals surface area (Å²) in [5.41, 5.74) is 0.685. The number of amides is 2. The van der Waals surface area contributed by atoms with E-state index in [-0.39, 0.29) is 24.3 Å². The summed E-state index contributed by atoms with van der Waals surface area (Å²) in [5.74, 6) is 0.535. The molecular weight excluding hydrogens is 320 g/mol. The molecular formula is C18H28N4O3. The van der Waals surface area contributed by atoms with Crippen molar-refractivity contribution in [2.75, 3.05) is 38.6 Å². The highest BCUT2D eigenvalue weighted by molar-refractivity contribution is 5.89. The highest BCUT2D eigenvalue weighted by atomic mass is 16.5. The number of morpholine rings is 1. The summed E-state index contributed by atoms with van der Waals surface area (Å²) < 4.78 is 10.8. The van der Waals surface area contributed by atoms with Gasteiger partial charge in [-0.3, -0.25) is 4.90 Å².